The number of carbonyl (C=O) groups is 2. The Morgan fingerprint density at radius 1 is 1.15 bits per heavy atom. The van der Waals surface area contributed by atoms with Gasteiger partial charge in [-0.1, -0.05) is 38.0 Å². The molecule has 2 atom stereocenters. The van der Waals surface area contributed by atoms with Gasteiger partial charge in [0.2, 0.25) is 17.6 Å². The minimum absolute atomic E-state index is 0.0100. The van der Waals surface area contributed by atoms with Gasteiger partial charge in [-0.3, -0.25) is 9.59 Å². The largest absolute Gasteiger partial charge is 0.356 e. The molecule has 8 heteroatoms. The van der Waals surface area contributed by atoms with Crippen LogP contribution in [0.4, 0.5) is 0 Å². The number of aromatic amines is 1. The molecule has 2 amide bonds. The second-order valence-electron chi connectivity index (χ2n) is 6.94. The van der Waals surface area contributed by atoms with E-state index in [0.29, 0.717) is 18.9 Å². The minimum Gasteiger partial charge on any atom is -0.356 e. The molecule has 1 aliphatic carbocycles. The van der Waals surface area contributed by atoms with E-state index in [9.17, 15) is 9.59 Å². The first-order chi connectivity index (χ1) is 13.2. The zero-order chi connectivity index (χ0) is 19.1. The van der Waals surface area contributed by atoms with Crippen molar-refractivity contribution in [1.82, 2.24) is 31.3 Å². The molecule has 0 radical (unpaired) electrons. The maximum Gasteiger partial charge on any atom is 0.224 e. The van der Waals surface area contributed by atoms with Crippen molar-refractivity contribution in [2.24, 2.45) is 11.8 Å². The average molecular weight is 370 g/mol. The number of nitrogens with one attached hydrogen (secondary N) is 3. The fourth-order valence-corrected chi connectivity index (χ4v) is 3.56. The second kappa shape index (κ2) is 9.25. The fraction of sp³-hybridized carbons (Fsp3) is 0.526. The molecule has 0 saturated heterocycles. The normalized spacial score (nSPS) is 19.4. The molecule has 0 unspecified atom stereocenters. The number of amides is 2. The maximum atomic E-state index is 12.7. The summed E-state index contributed by atoms with van der Waals surface area (Å²) in [6.45, 7) is 3.09. The van der Waals surface area contributed by atoms with E-state index >= 15 is 0 Å². The molecule has 8 nitrogen and oxygen atoms in total. The third-order valence-electron chi connectivity index (χ3n) is 4.99. The van der Waals surface area contributed by atoms with Crippen molar-refractivity contribution in [2.45, 2.75) is 45.6 Å². The molecule has 1 saturated carbocycles. The van der Waals surface area contributed by atoms with Gasteiger partial charge in [-0.15, -0.1) is 10.2 Å². The Hall–Kier alpha value is -2.77. The molecule has 3 rings (SSSR count). The van der Waals surface area contributed by atoms with E-state index in [1.165, 1.54) is 0 Å². The summed E-state index contributed by atoms with van der Waals surface area (Å²) >= 11 is 0. The predicted molar refractivity (Wildman–Crippen MR) is 100 cm³/mol. The molecule has 1 aromatic carbocycles. The number of benzene rings is 1. The SMILES string of the molecule is CCCNC(=O)[C@@H]1CCCC[C@@H]1C(=O)NCc1cccc(-c2nn[nH]n2)c1. The molecule has 144 valence electrons. The van der Waals surface area contributed by atoms with E-state index in [2.05, 4.69) is 31.3 Å². The van der Waals surface area contributed by atoms with Gasteiger partial charge in [0.05, 0.1) is 0 Å². The van der Waals surface area contributed by atoms with Gasteiger partial charge in [0.15, 0.2) is 0 Å². The Morgan fingerprint density at radius 3 is 2.56 bits per heavy atom. The van der Waals surface area contributed by atoms with Crippen molar-refractivity contribution < 1.29 is 9.59 Å². The molecule has 1 heterocycles. The number of tetrazole rings is 1. The lowest BCUT2D eigenvalue weighted by Gasteiger charge is -2.29. The summed E-state index contributed by atoms with van der Waals surface area (Å²) in [5.41, 5.74) is 1.79. The van der Waals surface area contributed by atoms with Gasteiger partial charge in [0.1, 0.15) is 0 Å². The molecule has 3 N–H and O–H groups in total. The van der Waals surface area contributed by atoms with Gasteiger partial charge in [-0.25, -0.2) is 0 Å². The van der Waals surface area contributed by atoms with Crippen LogP contribution >= 0.6 is 0 Å². The highest BCUT2D eigenvalue weighted by molar-refractivity contribution is 5.87. The number of hydrogen-bond donors (Lipinski definition) is 3. The zero-order valence-electron chi connectivity index (χ0n) is 15.6. The van der Waals surface area contributed by atoms with Crippen LogP contribution in [0.5, 0.6) is 0 Å². The van der Waals surface area contributed by atoms with Crippen LogP contribution < -0.4 is 10.6 Å². The topological polar surface area (TPSA) is 113 Å². The van der Waals surface area contributed by atoms with Crippen LogP contribution in [0.15, 0.2) is 24.3 Å². The molecule has 1 fully saturated rings. The first-order valence-corrected chi connectivity index (χ1v) is 9.57. The first-order valence-electron chi connectivity index (χ1n) is 9.57. The van der Waals surface area contributed by atoms with Gasteiger partial charge in [-0.2, -0.15) is 5.21 Å². The van der Waals surface area contributed by atoms with E-state index in [4.69, 9.17) is 0 Å². The highest BCUT2D eigenvalue weighted by Crippen LogP contribution is 2.30. The van der Waals surface area contributed by atoms with E-state index < -0.39 is 0 Å². The van der Waals surface area contributed by atoms with Gasteiger partial charge < -0.3 is 10.6 Å². The maximum absolute atomic E-state index is 12.7. The number of aromatic nitrogens is 4. The number of hydrogen-bond acceptors (Lipinski definition) is 5. The molecule has 2 aromatic rings. The Kier molecular flexibility index (Phi) is 6.51. The summed E-state index contributed by atoms with van der Waals surface area (Å²) in [6, 6.07) is 7.66. The Morgan fingerprint density at radius 2 is 1.89 bits per heavy atom. The van der Waals surface area contributed by atoms with E-state index in [-0.39, 0.29) is 23.7 Å². The van der Waals surface area contributed by atoms with Crippen molar-refractivity contribution in [3.8, 4) is 11.4 Å². The number of rotatable bonds is 7. The van der Waals surface area contributed by atoms with Crippen LogP contribution in [0, 0.1) is 11.8 Å². The van der Waals surface area contributed by atoms with Crippen LogP contribution in [-0.4, -0.2) is 39.0 Å². The van der Waals surface area contributed by atoms with Crippen LogP contribution in [0.2, 0.25) is 0 Å². The van der Waals surface area contributed by atoms with Crippen LogP contribution in [0.1, 0.15) is 44.6 Å². The second-order valence-corrected chi connectivity index (χ2v) is 6.94. The Bertz CT molecular complexity index is 761. The lowest BCUT2D eigenvalue weighted by atomic mass is 9.78. The molecule has 27 heavy (non-hydrogen) atoms. The Labute approximate surface area is 158 Å². The summed E-state index contributed by atoms with van der Waals surface area (Å²) in [5, 5.41) is 19.9. The number of nitrogens with zero attached hydrogens (tertiary/aromatic N) is 3. The highest BCUT2D eigenvalue weighted by Gasteiger charge is 2.35. The van der Waals surface area contributed by atoms with Crippen molar-refractivity contribution in [1.29, 1.82) is 0 Å². The monoisotopic (exact) mass is 370 g/mol. The van der Waals surface area contributed by atoms with Crippen molar-refractivity contribution in [3.05, 3.63) is 29.8 Å². The number of carbonyl (C=O) groups excluding carboxylic acids is 2. The molecular weight excluding hydrogens is 344 g/mol. The van der Waals surface area contributed by atoms with E-state index in [1.54, 1.807) is 0 Å². The molecule has 1 aliphatic rings. The van der Waals surface area contributed by atoms with Gasteiger partial charge in [0, 0.05) is 30.5 Å². The van der Waals surface area contributed by atoms with Crippen LogP contribution in [0.3, 0.4) is 0 Å². The lowest BCUT2D eigenvalue weighted by Crippen LogP contribution is -2.43. The summed E-state index contributed by atoms with van der Waals surface area (Å²) in [4.78, 5) is 25.2. The highest BCUT2D eigenvalue weighted by atomic mass is 16.2. The van der Waals surface area contributed by atoms with Gasteiger partial charge in [0.25, 0.3) is 0 Å². The predicted octanol–water partition coefficient (Wildman–Crippen LogP) is 1.82. The van der Waals surface area contributed by atoms with E-state index in [0.717, 1.165) is 43.2 Å². The van der Waals surface area contributed by atoms with Gasteiger partial charge >= 0.3 is 0 Å². The number of H-pyrrole nitrogens is 1. The summed E-state index contributed by atoms with van der Waals surface area (Å²) in [5.74, 6) is 0.00203. The van der Waals surface area contributed by atoms with Crippen molar-refractivity contribution in [3.63, 3.8) is 0 Å². The van der Waals surface area contributed by atoms with Crippen molar-refractivity contribution >= 4 is 11.8 Å². The lowest BCUT2D eigenvalue weighted by molar-refractivity contribution is -0.136. The molecule has 0 spiro atoms. The van der Waals surface area contributed by atoms with E-state index in [1.807, 2.05) is 31.2 Å². The molecular formula is C19H26N6O2. The van der Waals surface area contributed by atoms with Crippen LogP contribution in [0.25, 0.3) is 11.4 Å². The summed E-state index contributed by atoms with van der Waals surface area (Å²) in [6.07, 6.45) is 4.43. The molecule has 0 aliphatic heterocycles. The third-order valence-corrected chi connectivity index (χ3v) is 4.99. The third kappa shape index (κ3) is 4.90. The average Bonchev–Trinajstić information content (AvgIpc) is 3.25. The Balaban J connectivity index is 1.60. The van der Waals surface area contributed by atoms with Crippen LogP contribution in [-0.2, 0) is 16.1 Å². The summed E-state index contributed by atoms with van der Waals surface area (Å²) in [7, 11) is 0. The molecule has 1 aromatic heterocycles. The quantitative estimate of drug-likeness (QED) is 0.688. The van der Waals surface area contributed by atoms with Gasteiger partial charge in [-0.05, 0) is 36.1 Å². The first kappa shape index (κ1) is 19.0. The molecule has 0 bridgehead atoms. The smallest absolute Gasteiger partial charge is 0.224 e. The fourth-order valence-electron chi connectivity index (χ4n) is 3.56. The minimum atomic E-state index is -0.254. The zero-order valence-corrected chi connectivity index (χ0v) is 15.6. The van der Waals surface area contributed by atoms with Crippen molar-refractivity contribution in [2.75, 3.05) is 6.54 Å². The standard InChI is InChI=1S/C19H26N6O2/c1-2-10-20-18(26)15-8-3-4-9-16(15)19(27)21-12-13-6-5-7-14(11-13)17-22-24-25-23-17/h5-7,11,15-16H,2-4,8-10,12H2,1H3,(H,20,26)(H,21,27)(H,22,23,24,25)/t15-,16+/m1/s1. The summed E-state index contributed by atoms with van der Waals surface area (Å²) < 4.78 is 0.